The van der Waals surface area contributed by atoms with Crippen LogP contribution in [0.25, 0.3) is 0 Å². The van der Waals surface area contributed by atoms with E-state index in [-0.39, 0.29) is 18.5 Å². The van der Waals surface area contributed by atoms with Crippen LogP contribution >= 0.6 is 0 Å². The number of nitrogens with zero attached hydrogens (tertiary/aromatic N) is 2. The maximum absolute atomic E-state index is 13.3. The highest BCUT2D eigenvalue weighted by Crippen LogP contribution is 2.30. The van der Waals surface area contributed by atoms with Gasteiger partial charge in [-0.1, -0.05) is 43.2 Å². The highest BCUT2D eigenvalue weighted by atomic mass is 19.4. The second-order valence-corrected chi connectivity index (χ2v) is 9.61. The van der Waals surface area contributed by atoms with E-state index in [1.165, 1.54) is 11.0 Å². The first-order valence-corrected chi connectivity index (χ1v) is 12.4. The second kappa shape index (κ2) is 12.1. The van der Waals surface area contributed by atoms with Gasteiger partial charge in [0.1, 0.15) is 6.04 Å². The zero-order valence-electron chi connectivity index (χ0n) is 21.4. The molecule has 10 heteroatoms. The molecule has 1 aliphatic rings. The predicted octanol–water partition coefficient (Wildman–Crippen LogP) is 3.56. The Hall–Kier alpha value is -2.95. The monoisotopic (exact) mass is 520 g/mol. The smallest absolute Gasteiger partial charge is 0.391 e. The number of aliphatic hydroxyl groups excluding tert-OH is 1. The van der Waals surface area contributed by atoms with Gasteiger partial charge in [0.05, 0.1) is 17.7 Å². The summed E-state index contributed by atoms with van der Waals surface area (Å²) in [6, 6.07) is 8.54. The largest absolute Gasteiger partial charge is 0.416 e. The first-order valence-electron chi connectivity index (χ1n) is 12.4. The van der Waals surface area contributed by atoms with E-state index in [9.17, 15) is 27.9 Å². The third-order valence-electron chi connectivity index (χ3n) is 6.81. The summed E-state index contributed by atoms with van der Waals surface area (Å²) in [6.07, 6.45) is -3.98. The number of nitrogens with two attached hydrogens (primary N) is 1. The molecule has 2 aromatic carbocycles. The number of hydrogen-bond donors (Lipinski definition) is 3. The van der Waals surface area contributed by atoms with Gasteiger partial charge in [0.15, 0.2) is 0 Å². The molecule has 2 aromatic rings. The molecule has 3 atom stereocenters. The van der Waals surface area contributed by atoms with Crippen molar-refractivity contribution in [3.8, 4) is 0 Å². The Kier molecular flexibility index (Phi) is 9.33. The molecule has 1 saturated heterocycles. The molecule has 2 amide bonds. The van der Waals surface area contributed by atoms with Crippen LogP contribution in [0.15, 0.2) is 42.5 Å². The number of carbonyl (C=O) groups is 2. The van der Waals surface area contributed by atoms with Crippen LogP contribution < -0.4 is 11.2 Å². The fourth-order valence-corrected chi connectivity index (χ4v) is 4.73. The van der Waals surface area contributed by atoms with E-state index in [0.29, 0.717) is 24.5 Å². The van der Waals surface area contributed by atoms with Crippen LogP contribution in [-0.2, 0) is 17.5 Å². The number of aryl methyl sites for hydroxylation is 2. The summed E-state index contributed by atoms with van der Waals surface area (Å²) >= 11 is 0. The van der Waals surface area contributed by atoms with Crippen molar-refractivity contribution in [2.75, 3.05) is 13.1 Å². The number of carbonyl (C=O) groups excluding carboxylic acids is 2. The minimum Gasteiger partial charge on any atom is -0.391 e. The Bertz CT molecular complexity index is 1110. The Balaban J connectivity index is 1.71. The molecule has 0 unspecified atom stereocenters. The number of benzene rings is 2. The third kappa shape index (κ3) is 6.88. The quantitative estimate of drug-likeness (QED) is 0.253. The summed E-state index contributed by atoms with van der Waals surface area (Å²) in [6.45, 7) is 7.15. The van der Waals surface area contributed by atoms with Crippen molar-refractivity contribution in [2.45, 2.75) is 70.9 Å². The van der Waals surface area contributed by atoms with Crippen molar-refractivity contribution in [3.63, 3.8) is 0 Å². The standard InChI is InChI=1S/C27H35F3N4O3/c1-4-6-24(35)23(16-32-15-20-10-9-17(2)13-18(20)3)33-12-11-22(26(33)37)34(31)25(36)19-7-5-8-21(14-19)27(28,29)30/h5,7-10,13-14,22-24,32,35H,4,6,11-12,15-16,31H2,1-3H3/t22-,23-,24-/m0/s1. The van der Waals surface area contributed by atoms with Crippen LogP contribution in [0.5, 0.6) is 0 Å². The van der Waals surface area contributed by atoms with E-state index in [1.807, 2.05) is 32.9 Å². The highest BCUT2D eigenvalue weighted by Gasteiger charge is 2.42. The molecule has 0 bridgehead atoms. The molecule has 37 heavy (non-hydrogen) atoms. The van der Waals surface area contributed by atoms with E-state index in [4.69, 9.17) is 5.84 Å². The number of hydrogen-bond acceptors (Lipinski definition) is 5. The van der Waals surface area contributed by atoms with E-state index in [1.54, 1.807) is 0 Å². The lowest BCUT2D eigenvalue weighted by Crippen LogP contribution is -2.54. The summed E-state index contributed by atoms with van der Waals surface area (Å²) in [5.41, 5.74) is 2.20. The Morgan fingerprint density at radius 1 is 1.24 bits per heavy atom. The van der Waals surface area contributed by atoms with Gasteiger partial charge in [0.25, 0.3) is 5.91 Å². The number of hydrazine groups is 1. The molecule has 3 rings (SSSR count). The number of halogens is 3. The minimum absolute atomic E-state index is 0.215. The van der Waals surface area contributed by atoms with Crippen molar-refractivity contribution < 1.29 is 27.9 Å². The van der Waals surface area contributed by atoms with Crippen LogP contribution in [0, 0.1) is 13.8 Å². The fraction of sp³-hybridized carbons (Fsp3) is 0.481. The van der Waals surface area contributed by atoms with Crippen LogP contribution in [0.3, 0.4) is 0 Å². The molecule has 1 aliphatic heterocycles. The fourth-order valence-electron chi connectivity index (χ4n) is 4.73. The lowest BCUT2D eigenvalue weighted by atomic mass is 10.0. The molecule has 202 valence electrons. The Morgan fingerprint density at radius 3 is 2.62 bits per heavy atom. The van der Waals surface area contributed by atoms with E-state index < -0.39 is 41.7 Å². The number of alkyl halides is 3. The maximum Gasteiger partial charge on any atom is 0.416 e. The molecular formula is C27H35F3N4O3. The van der Waals surface area contributed by atoms with Crippen molar-refractivity contribution in [1.29, 1.82) is 0 Å². The zero-order valence-corrected chi connectivity index (χ0v) is 21.4. The van der Waals surface area contributed by atoms with Crippen LogP contribution in [-0.4, -0.2) is 58.1 Å². The molecule has 0 radical (unpaired) electrons. The Morgan fingerprint density at radius 2 is 1.97 bits per heavy atom. The molecule has 0 spiro atoms. The van der Waals surface area contributed by atoms with Crippen molar-refractivity contribution in [3.05, 3.63) is 70.3 Å². The van der Waals surface area contributed by atoms with Gasteiger partial charge in [-0.05, 0) is 56.0 Å². The zero-order chi connectivity index (χ0) is 27.3. The van der Waals surface area contributed by atoms with E-state index in [0.717, 1.165) is 41.3 Å². The van der Waals surface area contributed by atoms with Gasteiger partial charge in [-0.15, -0.1) is 0 Å². The maximum atomic E-state index is 13.3. The summed E-state index contributed by atoms with van der Waals surface area (Å²) < 4.78 is 39.2. The molecule has 0 aliphatic carbocycles. The van der Waals surface area contributed by atoms with Gasteiger partial charge in [0, 0.05) is 25.2 Å². The van der Waals surface area contributed by atoms with Crippen LogP contribution in [0.1, 0.15) is 58.8 Å². The van der Waals surface area contributed by atoms with Crippen molar-refractivity contribution in [1.82, 2.24) is 15.2 Å². The minimum atomic E-state index is -4.61. The van der Waals surface area contributed by atoms with Gasteiger partial charge in [-0.2, -0.15) is 13.2 Å². The normalized spacial score (nSPS) is 17.7. The topological polar surface area (TPSA) is 98.9 Å². The molecule has 0 saturated carbocycles. The molecule has 7 nitrogen and oxygen atoms in total. The summed E-state index contributed by atoms with van der Waals surface area (Å²) in [4.78, 5) is 27.7. The summed E-state index contributed by atoms with van der Waals surface area (Å²) in [5, 5.41) is 14.9. The van der Waals surface area contributed by atoms with E-state index >= 15 is 0 Å². The van der Waals surface area contributed by atoms with Crippen LogP contribution in [0.4, 0.5) is 13.2 Å². The van der Waals surface area contributed by atoms with Gasteiger partial charge < -0.3 is 15.3 Å². The van der Waals surface area contributed by atoms with E-state index in [2.05, 4.69) is 11.4 Å². The van der Waals surface area contributed by atoms with Gasteiger partial charge in [-0.3, -0.25) is 14.6 Å². The van der Waals surface area contributed by atoms with Crippen LogP contribution in [0.2, 0.25) is 0 Å². The number of rotatable bonds is 10. The first kappa shape index (κ1) is 28.6. The lowest BCUT2D eigenvalue weighted by Gasteiger charge is -2.33. The average molecular weight is 521 g/mol. The molecule has 0 aromatic heterocycles. The Labute approximate surface area is 215 Å². The average Bonchev–Trinajstić information content (AvgIpc) is 3.22. The van der Waals surface area contributed by atoms with Gasteiger partial charge in [-0.25, -0.2) is 5.84 Å². The summed E-state index contributed by atoms with van der Waals surface area (Å²) in [5.74, 6) is 4.68. The highest BCUT2D eigenvalue weighted by molar-refractivity contribution is 5.97. The second-order valence-electron chi connectivity index (χ2n) is 9.61. The first-order chi connectivity index (χ1) is 17.4. The number of amides is 2. The predicted molar refractivity (Wildman–Crippen MR) is 134 cm³/mol. The van der Waals surface area contributed by atoms with Gasteiger partial charge in [0.2, 0.25) is 5.91 Å². The number of likely N-dealkylation sites (tertiary alicyclic amines) is 1. The SMILES string of the molecule is CCC[C@H](O)[C@H](CNCc1ccc(C)cc1C)N1CC[C@H](N(N)C(=O)c2cccc(C(F)(F)F)c2)C1=O. The van der Waals surface area contributed by atoms with Crippen molar-refractivity contribution >= 4 is 11.8 Å². The number of nitrogens with one attached hydrogen (secondary N) is 1. The number of aliphatic hydroxyl groups is 1. The van der Waals surface area contributed by atoms with Crippen molar-refractivity contribution in [2.24, 2.45) is 5.84 Å². The molecule has 4 N–H and O–H groups in total. The molecule has 1 fully saturated rings. The third-order valence-corrected chi connectivity index (χ3v) is 6.81. The molecular weight excluding hydrogens is 485 g/mol. The lowest BCUT2D eigenvalue weighted by molar-refractivity contribution is -0.138. The molecule has 1 heterocycles. The summed E-state index contributed by atoms with van der Waals surface area (Å²) in [7, 11) is 0. The van der Waals surface area contributed by atoms with Gasteiger partial charge >= 0.3 is 6.18 Å².